The lowest BCUT2D eigenvalue weighted by molar-refractivity contribution is -0.0914. The standard InChI is InChI=1S/C16H31O3/c1-3-5-6-7-8-9-10-11-12-13-14-18-16(4-2)19-15-17/h16H,3-14H2,1-2H3. The Bertz CT molecular complexity index is 183. The summed E-state index contributed by atoms with van der Waals surface area (Å²) in [5.41, 5.74) is 0. The fourth-order valence-corrected chi connectivity index (χ4v) is 2.09. The topological polar surface area (TPSA) is 35.5 Å². The fraction of sp³-hybridized carbons (Fsp3) is 0.938. The van der Waals surface area contributed by atoms with Crippen molar-refractivity contribution in [1.82, 2.24) is 0 Å². The first kappa shape index (κ1) is 18.4. The van der Waals surface area contributed by atoms with E-state index in [9.17, 15) is 4.79 Å². The molecule has 0 saturated heterocycles. The lowest BCUT2D eigenvalue weighted by atomic mass is 10.1. The van der Waals surface area contributed by atoms with E-state index in [1.807, 2.05) is 6.92 Å². The van der Waals surface area contributed by atoms with E-state index in [0.29, 0.717) is 13.0 Å². The van der Waals surface area contributed by atoms with Gasteiger partial charge in [0.05, 0.1) is 6.61 Å². The Kier molecular flexibility index (Phi) is 15.0. The second-order valence-electron chi connectivity index (χ2n) is 5.09. The quantitative estimate of drug-likeness (QED) is 0.319. The van der Waals surface area contributed by atoms with E-state index in [0.717, 1.165) is 6.42 Å². The van der Waals surface area contributed by atoms with E-state index in [1.165, 1.54) is 64.3 Å². The maximum Gasteiger partial charge on any atom is 0.419 e. The van der Waals surface area contributed by atoms with Crippen LogP contribution in [0.25, 0.3) is 0 Å². The number of carbonyl (C=O) groups excluding carboxylic acids is 1. The predicted molar refractivity (Wildman–Crippen MR) is 78.7 cm³/mol. The predicted octanol–water partition coefficient (Wildman–Crippen LogP) is 4.74. The molecule has 0 bridgehead atoms. The summed E-state index contributed by atoms with van der Waals surface area (Å²) >= 11 is 0. The van der Waals surface area contributed by atoms with Crippen molar-refractivity contribution in [2.24, 2.45) is 0 Å². The van der Waals surface area contributed by atoms with Crippen LogP contribution in [-0.2, 0) is 14.3 Å². The molecule has 1 atom stereocenters. The van der Waals surface area contributed by atoms with Crippen molar-refractivity contribution in [3.8, 4) is 0 Å². The summed E-state index contributed by atoms with van der Waals surface area (Å²) in [7, 11) is 0. The van der Waals surface area contributed by atoms with Crippen LogP contribution in [-0.4, -0.2) is 19.4 Å². The van der Waals surface area contributed by atoms with Crippen molar-refractivity contribution in [1.29, 1.82) is 0 Å². The lowest BCUT2D eigenvalue weighted by Crippen LogP contribution is -2.15. The van der Waals surface area contributed by atoms with Crippen molar-refractivity contribution in [2.45, 2.75) is 90.8 Å². The van der Waals surface area contributed by atoms with Gasteiger partial charge < -0.3 is 9.47 Å². The van der Waals surface area contributed by atoms with Crippen LogP contribution in [0.4, 0.5) is 0 Å². The molecule has 0 fully saturated rings. The first-order chi connectivity index (χ1) is 9.35. The number of hydrogen-bond acceptors (Lipinski definition) is 3. The summed E-state index contributed by atoms with van der Waals surface area (Å²) in [6, 6.07) is 0. The molecule has 0 aliphatic carbocycles. The molecule has 3 nitrogen and oxygen atoms in total. The van der Waals surface area contributed by atoms with Gasteiger partial charge in [-0.3, -0.25) is 0 Å². The number of rotatable bonds is 15. The number of ether oxygens (including phenoxy) is 2. The minimum atomic E-state index is -0.406. The van der Waals surface area contributed by atoms with E-state index >= 15 is 0 Å². The van der Waals surface area contributed by atoms with Crippen LogP contribution in [0.1, 0.15) is 84.5 Å². The molecule has 0 aromatic rings. The number of unbranched alkanes of at least 4 members (excludes halogenated alkanes) is 9. The van der Waals surface area contributed by atoms with Crippen molar-refractivity contribution < 1.29 is 14.3 Å². The van der Waals surface area contributed by atoms with Gasteiger partial charge in [0.2, 0.25) is 6.29 Å². The lowest BCUT2D eigenvalue weighted by Gasteiger charge is -2.12. The zero-order valence-electron chi connectivity index (χ0n) is 12.8. The molecule has 0 rings (SSSR count). The van der Waals surface area contributed by atoms with E-state index in [1.54, 1.807) is 0 Å². The van der Waals surface area contributed by atoms with Gasteiger partial charge in [0, 0.05) is 6.42 Å². The summed E-state index contributed by atoms with van der Waals surface area (Å²) in [6.07, 6.45) is 13.4. The summed E-state index contributed by atoms with van der Waals surface area (Å²) in [4.78, 5) is 10.0. The van der Waals surface area contributed by atoms with Crippen LogP contribution in [0.3, 0.4) is 0 Å². The first-order valence-corrected chi connectivity index (χ1v) is 7.99. The van der Waals surface area contributed by atoms with Gasteiger partial charge in [0.1, 0.15) is 0 Å². The molecule has 0 aliphatic heterocycles. The molecule has 3 heteroatoms. The van der Waals surface area contributed by atoms with Crippen LogP contribution < -0.4 is 0 Å². The highest BCUT2D eigenvalue weighted by molar-refractivity contribution is 5.38. The minimum absolute atomic E-state index is 0.406. The Morgan fingerprint density at radius 3 is 1.84 bits per heavy atom. The molecule has 0 aromatic heterocycles. The Hall–Kier alpha value is -0.570. The Balaban J connectivity index is 3.11. The summed E-state index contributed by atoms with van der Waals surface area (Å²) in [5, 5.41) is 0. The molecule has 0 aliphatic rings. The summed E-state index contributed by atoms with van der Waals surface area (Å²) < 4.78 is 10.1. The van der Waals surface area contributed by atoms with E-state index in [-0.39, 0.29) is 0 Å². The van der Waals surface area contributed by atoms with E-state index < -0.39 is 6.29 Å². The molecule has 0 saturated carbocycles. The van der Waals surface area contributed by atoms with Crippen LogP contribution in [0.15, 0.2) is 0 Å². The smallest absolute Gasteiger partial charge is 0.419 e. The van der Waals surface area contributed by atoms with Gasteiger partial charge in [-0.05, 0) is 6.42 Å². The highest BCUT2D eigenvalue weighted by Crippen LogP contribution is 2.10. The summed E-state index contributed by atoms with van der Waals surface area (Å²) in [5.74, 6) is 0. The van der Waals surface area contributed by atoms with Crippen LogP contribution in [0.2, 0.25) is 0 Å². The first-order valence-electron chi connectivity index (χ1n) is 7.99. The highest BCUT2D eigenvalue weighted by atomic mass is 16.7. The van der Waals surface area contributed by atoms with Gasteiger partial charge in [-0.25, -0.2) is 4.79 Å². The van der Waals surface area contributed by atoms with Crippen molar-refractivity contribution >= 4 is 6.47 Å². The van der Waals surface area contributed by atoms with Gasteiger partial charge in [-0.1, -0.05) is 71.6 Å². The molecule has 0 N–H and O–H groups in total. The molecule has 19 heavy (non-hydrogen) atoms. The molecule has 0 amide bonds. The molecule has 1 radical (unpaired) electrons. The highest BCUT2D eigenvalue weighted by Gasteiger charge is 2.05. The third-order valence-corrected chi connectivity index (χ3v) is 3.31. The normalized spacial score (nSPS) is 12.3. The Labute approximate surface area is 119 Å². The largest absolute Gasteiger partial charge is 0.427 e. The van der Waals surface area contributed by atoms with Crippen molar-refractivity contribution in [2.75, 3.05) is 6.61 Å². The molecule has 0 aromatic carbocycles. The second-order valence-corrected chi connectivity index (χ2v) is 5.09. The average Bonchev–Trinajstić information content (AvgIpc) is 2.43. The number of hydrogen-bond donors (Lipinski definition) is 0. The van der Waals surface area contributed by atoms with E-state index in [4.69, 9.17) is 4.74 Å². The molecule has 113 valence electrons. The zero-order chi connectivity index (χ0) is 14.2. The Morgan fingerprint density at radius 1 is 0.842 bits per heavy atom. The molecular formula is C16H31O3. The second kappa shape index (κ2) is 15.5. The van der Waals surface area contributed by atoms with Gasteiger partial charge in [-0.2, -0.15) is 0 Å². The monoisotopic (exact) mass is 271 g/mol. The minimum Gasteiger partial charge on any atom is -0.427 e. The summed E-state index contributed by atoms with van der Waals surface area (Å²) in [6.45, 7) is 6.30. The van der Waals surface area contributed by atoms with Crippen molar-refractivity contribution in [3.63, 3.8) is 0 Å². The maximum atomic E-state index is 10.0. The maximum absolute atomic E-state index is 10.0. The third-order valence-electron chi connectivity index (χ3n) is 3.31. The van der Waals surface area contributed by atoms with Crippen LogP contribution in [0, 0.1) is 0 Å². The van der Waals surface area contributed by atoms with Gasteiger partial charge in [0.15, 0.2) is 0 Å². The molecule has 0 spiro atoms. The van der Waals surface area contributed by atoms with Gasteiger partial charge in [-0.15, -0.1) is 0 Å². The SMILES string of the molecule is CCCCCCCCCCCCOC(CC)O[C]=O. The average molecular weight is 271 g/mol. The van der Waals surface area contributed by atoms with E-state index in [2.05, 4.69) is 11.7 Å². The molecular weight excluding hydrogens is 240 g/mol. The van der Waals surface area contributed by atoms with Crippen LogP contribution >= 0.6 is 0 Å². The molecule has 1 unspecified atom stereocenters. The van der Waals surface area contributed by atoms with Gasteiger partial charge >= 0.3 is 6.47 Å². The Morgan fingerprint density at radius 2 is 1.37 bits per heavy atom. The van der Waals surface area contributed by atoms with Crippen LogP contribution in [0.5, 0.6) is 0 Å². The zero-order valence-corrected chi connectivity index (χ0v) is 12.8. The molecule has 0 heterocycles. The third kappa shape index (κ3) is 13.7. The van der Waals surface area contributed by atoms with Crippen molar-refractivity contribution in [3.05, 3.63) is 0 Å². The fourth-order valence-electron chi connectivity index (χ4n) is 2.09. The van der Waals surface area contributed by atoms with Gasteiger partial charge in [0.25, 0.3) is 0 Å².